The van der Waals surface area contributed by atoms with E-state index in [1.807, 2.05) is 65.0 Å². The molecule has 1 aliphatic heterocycles. The van der Waals surface area contributed by atoms with Gasteiger partial charge in [0.2, 0.25) is 11.8 Å². The quantitative estimate of drug-likeness (QED) is 0.106. The molecule has 1 fully saturated rings. The molecule has 270 valence electrons. The van der Waals surface area contributed by atoms with E-state index in [1.165, 1.54) is 6.08 Å². The average Bonchev–Trinajstić information content (AvgIpc) is 3.36. The summed E-state index contributed by atoms with van der Waals surface area (Å²) in [6.45, 7) is 22.9. The van der Waals surface area contributed by atoms with Crippen molar-refractivity contribution in [3.63, 3.8) is 0 Å². The van der Waals surface area contributed by atoms with Gasteiger partial charge in [0.15, 0.2) is 8.32 Å². The van der Waals surface area contributed by atoms with Gasteiger partial charge in [-0.3, -0.25) is 9.59 Å². The third kappa shape index (κ3) is 13.7. The Balaban J connectivity index is 2.53. The van der Waals surface area contributed by atoms with E-state index in [9.17, 15) is 19.2 Å². The molecule has 0 unspecified atom stereocenters. The number of carbonyl (C=O) groups excluding carboxylic acids is 4. The molecule has 0 aliphatic carbocycles. The number of hydrogen-bond donors (Lipinski definition) is 3. The molecule has 1 heterocycles. The molecule has 0 spiro atoms. The third-order valence-corrected chi connectivity index (χ3v) is 13.6. The van der Waals surface area contributed by atoms with E-state index in [2.05, 4.69) is 49.8 Å². The van der Waals surface area contributed by atoms with E-state index in [-0.39, 0.29) is 35.3 Å². The number of alkyl carbamates (subject to hydrolysis) is 1. The summed E-state index contributed by atoms with van der Waals surface area (Å²) in [5, 5.41) is 8.97. The van der Waals surface area contributed by atoms with Crippen molar-refractivity contribution < 1.29 is 33.1 Å². The zero-order valence-corrected chi connectivity index (χ0v) is 32.1. The highest BCUT2D eigenvalue weighted by Crippen LogP contribution is 2.39. The molecule has 1 aliphatic rings. The van der Waals surface area contributed by atoms with Crippen molar-refractivity contribution in [1.82, 2.24) is 16.0 Å². The Kier molecular flexibility index (Phi) is 15.4. The smallest absolute Gasteiger partial charge is 0.407 e. The first-order valence-corrected chi connectivity index (χ1v) is 20.3. The molecule has 10 nitrogen and oxygen atoms in total. The fourth-order valence-corrected chi connectivity index (χ4v) is 6.82. The van der Waals surface area contributed by atoms with Gasteiger partial charge in [-0.25, -0.2) is 9.59 Å². The number of esters is 1. The zero-order chi connectivity index (χ0) is 36.3. The molecule has 3 N–H and O–H groups in total. The van der Waals surface area contributed by atoms with Crippen LogP contribution in [0.1, 0.15) is 87.1 Å². The summed E-state index contributed by atoms with van der Waals surface area (Å²) >= 11 is 0. The van der Waals surface area contributed by atoms with Gasteiger partial charge in [-0.05, 0) is 83.0 Å². The van der Waals surface area contributed by atoms with Crippen molar-refractivity contribution in [2.75, 3.05) is 13.2 Å². The van der Waals surface area contributed by atoms with E-state index < -0.39 is 50.1 Å². The van der Waals surface area contributed by atoms with Crippen LogP contribution in [0.2, 0.25) is 18.1 Å². The lowest BCUT2D eigenvalue weighted by atomic mass is 9.87. The van der Waals surface area contributed by atoms with Gasteiger partial charge >= 0.3 is 12.1 Å². The molecule has 1 aromatic rings. The van der Waals surface area contributed by atoms with E-state index >= 15 is 0 Å². The van der Waals surface area contributed by atoms with Crippen LogP contribution >= 0.6 is 0 Å². The number of hydrogen-bond acceptors (Lipinski definition) is 7. The standard InChI is InChI=1S/C37H61N3O7Si/c1-12-45-31(41)19-18-29(23-27-20-21-38-33(27)42)39-34(43)28(22-26-16-14-13-15-17-26)24-30(47-48(10,11)37(7,8)9)32(25(2)3)40-35(44)46-36(4,5)6/h13-19,25,27-30,32H,12,20-24H2,1-11H3,(H,38,42)(H,39,43)(H,40,44)/b19-18+/t27-,28+,29+,30-,32-/m0/s1. The van der Waals surface area contributed by atoms with Crippen molar-refractivity contribution in [1.29, 1.82) is 0 Å². The minimum atomic E-state index is -2.40. The molecular formula is C37H61N3O7Si. The van der Waals surface area contributed by atoms with Crippen molar-refractivity contribution in [2.24, 2.45) is 17.8 Å². The maximum absolute atomic E-state index is 14.4. The fraction of sp³-hybridized carbons (Fsp3) is 0.676. The lowest BCUT2D eigenvalue weighted by Gasteiger charge is -2.43. The van der Waals surface area contributed by atoms with Crippen LogP contribution in [0.15, 0.2) is 42.5 Å². The van der Waals surface area contributed by atoms with E-state index in [1.54, 1.807) is 13.0 Å². The molecular weight excluding hydrogens is 627 g/mol. The number of benzene rings is 1. The predicted molar refractivity (Wildman–Crippen MR) is 192 cm³/mol. The average molecular weight is 688 g/mol. The Morgan fingerprint density at radius 2 is 1.69 bits per heavy atom. The highest BCUT2D eigenvalue weighted by atomic mass is 28.4. The van der Waals surface area contributed by atoms with Crippen LogP contribution in [-0.2, 0) is 34.7 Å². The highest BCUT2D eigenvalue weighted by Gasteiger charge is 2.43. The summed E-state index contributed by atoms with van der Waals surface area (Å²) in [6, 6.07) is 8.78. The monoisotopic (exact) mass is 687 g/mol. The maximum atomic E-state index is 14.4. The molecule has 1 aromatic carbocycles. The van der Waals surface area contributed by atoms with Crippen LogP contribution in [0, 0.1) is 17.8 Å². The summed E-state index contributed by atoms with van der Waals surface area (Å²) in [6.07, 6.45) is 3.65. The number of carbonyl (C=O) groups is 4. The molecule has 1 saturated heterocycles. The zero-order valence-electron chi connectivity index (χ0n) is 31.1. The van der Waals surface area contributed by atoms with Crippen LogP contribution in [0.5, 0.6) is 0 Å². The summed E-state index contributed by atoms with van der Waals surface area (Å²) in [5.41, 5.74) is 0.304. The van der Waals surface area contributed by atoms with Gasteiger partial charge < -0.3 is 29.9 Å². The van der Waals surface area contributed by atoms with Crippen LogP contribution in [0.4, 0.5) is 4.79 Å². The molecule has 5 atom stereocenters. The topological polar surface area (TPSA) is 132 Å². The van der Waals surface area contributed by atoms with E-state index in [0.29, 0.717) is 32.2 Å². The second kappa shape index (κ2) is 18.0. The first-order valence-electron chi connectivity index (χ1n) is 17.4. The predicted octanol–water partition coefficient (Wildman–Crippen LogP) is 6.31. The first-order chi connectivity index (χ1) is 22.2. The largest absolute Gasteiger partial charge is 0.463 e. The van der Waals surface area contributed by atoms with E-state index in [0.717, 1.165) is 5.56 Å². The van der Waals surface area contributed by atoms with Gasteiger partial charge in [-0.2, -0.15) is 0 Å². The summed E-state index contributed by atoms with van der Waals surface area (Å²) in [4.78, 5) is 52.2. The molecule has 2 rings (SSSR count). The van der Waals surface area contributed by atoms with Gasteiger partial charge in [-0.1, -0.05) is 71.0 Å². The number of rotatable bonds is 16. The van der Waals surface area contributed by atoms with Crippen LogP contribution in [0.3, 0.4) is 0 Å². The van der Waals surface area contributed by atoms with Crippen LogP contribution in [-0.4, -0.2) is 69.1 Å². The Morgan fingerprint density at radius 1 is 1.04 bits per heavy atom. The first kappa shape index (κ1) is 41.0. The Hall–Kier alpha value is -3.18. The van der Waals surface area contributed by atoms with Gasteiger partial charge in [-0.15, -0.1) is 0 Å². The Labute approximate surface area is 289 Å². The molecule has 11 heteroatoms. The second-order valence-corrected chi connectivity index (χ2v) is 20.4. The third-order valence-electron chi connectivity index (χ3n) is 9.05. The Bertz CT molecular complexity index is 1240. The normalized spacial score (nSPS) is 18.2. The van der Waals surface area contributed by atoms with Crippen molar-refractivity contribution in [2.45, 2.75) is 130 Å². The van der Waals surface area contributed by atoms with E-state index in [4.69, 9.17) is 13.9 Å². The fourth-order valence-electron chi connectivity index (χ4n) is 5.47. The van der Waals surface area contributed by atoms with Crippen molar-refractivity contribution in [3.8, 4) is 0 Å². The van der Waals surface area contributed by atoms with Gasteiger partial charge in [0.25, 0.3) is 0 Å². The molecule has 0 bridgehead atoms. The van der Waals surface area contributed by atoms with Gasteiger partial charge in [0.1, 0.15) is 5.60 Å². The molecule has 3 amide bonds. The van der Waals surface area contributed by atoms with Crippen LogP contribution in [0.25, 0.3) is 0 Å². The molecule has 0 radical (unpaired) electrons. The lowest BCUT2D eigenvalue weighted by molar-refractivity contribution is -0.137. The number of amides is 3. The lowest BCUT2D eigenvalue weighted by Crippen LogP contribution is -2.55. The van der Waals surface area contributed by atoms with Gasteiger partial charge in [0.05, 0.1) is 18.8 Å². The minimum Gasteiger partial charge on any atom is -0.463 e. The summed E-state index contributed by atoms with van der Waals surface area (Å²) < 4.78 is 17.8. The van der Waals surface area contributed by atoms with Crippen molar-refractivity contribution >= 4 is 32.2 Å². The summed E-state index contributed by atoms with van der Waals surface area (Å²) in [5.74, 6) is -1.67. The second-order valence-electron chi connectivity index (χ2n) is 15.7. The highest BCUT2D eigenvalue weighted by molar-refractivity contribution is 6.74. The molecule has 0 aromatic heterocycles. The molecule has 0 saturated carbocycles. The minimum absolute atomic E-state index is 0.0335. The maximum Gasteiger partial charge on any atom is 0.407 e. The molecule has 48 heavy (non-hydrogen) atoms. The summed E-state index contributed by atoms with van der Waals surface area (Å²) in [7, 11) is -2.40. The number of ether oxygens (including phenoxy) is 2. The Morgan fingerprint density at radius 3 is 2.21 bits per heavy atom. The van der Waals surface area contributed by atoms with Gasteiger partial charge in [0, 0.05) is 30.5 Å². The van der Waals surface area contributed by atoms with Crippen molar-refractivity contribution in [3.05, 3.63) is 48.0 Å². The number of nitrogens with one attached hydrogen (secondary N) is 3. The van der Waals surface area contributed by atoms with Crippen LogP contribution < -0.4 is 16.0 Å². The SMILES string of the molecule is CCOC(=O)/C=C/[C@H](C[C@@H]1CCNC1=O)NC(=O)[C@H](Cc1ccccc1)C[C@H](O[Si](C)(C)C(C)(C)C)[C@@H](NC(=O)OC(C)(C)C)C(C)C.